The third kappa shape index (κ3) is 4.13. The second-order valence-electron chi connectivity index (χ2n) is 4.44. The van der Waals surface area contributed by atoms with E-state index < -0.39 is 0 Å². The van der Waals surface area contributed by atoms with Crippen molar-refractivity contribution in [1.82, 2.24) is 9.97 Å². The summed E-state index contributed by atoms with van der Waals surface area (Å²) < 4.78 is 5.58. The Morgan fingerprint density at radius 1 is 1.21 bits per heavy atom. The molecule has 0 saturated heterocycles. The molecule has 0 aliphatic carbocycles. The van der Waals surface area contributed by atoms with Crippen LogP contribution in [0.1, 0.15) is 19.7 Å². The van der Waals surface area contributed by atoms with E-state index in [0.717, 1.165) is 11.4 Å². The van der Waals surface area contributed by atoms with Gasteiger partial charge in [0.15, 0.2) is 0 Å². The zero-order valence-corrected chi connectivity index (χ0v) is 11.1. The first-order valence-corrected chi connectivity index (χ1v) is 6.21. The molecule has 2 rings (SSSR count). The van der Waals surface area contributed by atoms with E-state index in [0.29, 0.717) is 18.2 Å². The van der Waals surface area contributed by atoms with Crippen LogP contribution in [-0.4, -0.2) is 16.1 Å². The molecule has 0 amide bonds. The van der Waals surface area contributed by atoms with Crippen molar-refractivity contribution in [3.8, 4) is 5.75 Å². The molecule has 0 fully saturated rings. The van der Waals surface area contributed by atoms with Crippen LogP contribution in [-0.2, 0) is 6.54 Å². The molecular weight excluding hydrogens is 240 g/mol. The molecule has 0 bridgehead atoms. The zero-order valence-electron chi connectivity index (χ0n) is 11.1. The monoisotopic (exact) mass is 258 g/mol. The molecule has 1 heterocycles. The maximum atomic E-state index is 5.60. The Balaban J connectivity index is 1.93. The van der Waals surface area contributed by atoms with Gasteiger partial charge >= 0.3 is 0 Å². The highest BCUT2D eigenvalue weighted by atomic mass is 16.5. The summed E-state index contributed by atoms with van der Waals surface area (Å²) in [6, 6.07) is 9.46. The number of nitrogens with one attached hydrogen (secondary N) is 1. The lowest BCUT2D eigenvalue weighted by Gasteiger charge is -2.10. The smallest absolute Gasteiger partial charge is 0.149 e. The summed E-state index contributed by atoms with van der Waals surface area (Å²) in [5.74, 6) is 2.01. The fourth-order valence-corrected chi connectivity index (χ4v) is 1.60. The summed E-state index contributed by atoms with van der Waals surface area (Å²) in [4.78, 5) is 8.26. The first-order chi connectivity index (χ1) is 9.13. The molecule has 3 N–H and O–H groups in total. The van der Waals surface area contributed by atoms with E-state index in [9.17, 15) is 0 Å². The van der Waals surface area contributed by atoms with Gasteiger partial charge in [-0.3, -0.25) is 0 Å². The highest BCUT2D eigenvalue weighted by molar-refractivity contribution is 5.46. The fraction of sp³-hybridized carbons (Fsp3) is 0.286. The van der Waals surface area contributed by atoms with Gasteiger partial charge in [-0.2, -0.15) is 0 Å². The van der Waals surface area contributed by atoms with Crippen LogP contribution in [0.4, 0.5) is 11.5 Å². The number of anilines is 2. The van der Waals surface area contributed by atoms with E-state index in [2.05, 4.69) is 15.3 Å². The zero-order chi connectivity index (χ0) is 13.7. The van der Waals surface area contributed by atoms with Crippen molar-refractivity contribution in [2.75, 3.05) is 11.1 Å². The number of nitrogen functional groups attached to an aromatic ring is 1. The Hall–Kier alpha value is -2.30. The Morgan fingerprint density at radius 2 is 1.95 bits per heavy atom. The lowest BCUT2D eigenvalue weighted by atomic mass is 10.3. The van der Waals surface area contributed by atoms with Gasteiger partial charge in [0.2, 0.25) is 0 Å². The van der Waals surface area contributed by atoms with Crippen LogP contribution < -0.4 is 15.8 Å². The Morgan fingerprint density at radius 3 is 2.58 bits per heavy atom. The predicted molar refractivity (Wildman–Crippen MR) is 76.0 cm³/mol. The van der Waals surface area contributed by atoms with E-state index in [1.54, 1.807) is 12.3 Å². The first kappa shape index (κ1) is 13.1. The molecule has 0 aliphatic heterocycles. The average Bonchev–Trinajstić information content (AvgIpc) is 2.37. The van der Waals surface area contributed by atoms with E-state index >= 15 is 0 Å². The quantitative estimate of drug-likeness (QED) is 0.861. The van der Waals surface area contributed by atoms with E-state index in [1.165, 1.54) is 0 Å². The van der Waals surface area contributed by atoms with Crippen LogP contribution in [0, 0.1) is 0 Å². The molecule has 0 atom stereocenters. The second kappa shape index (κ2) is 6.04. The van der Waals surface area contributed by atoms with Gasteiger partial charge in [0.25, 0.3) is 0 Å². The standard InChI is InChI=1S/C14H18N4O/c1-10(2)19-12-5-3-11(4-6-12)17-9-14-16-8-7-13(15)18-14/h3-8,10,17H,9H2,1-2H3,(H2,15,16,18). The summed E-state index contributed by atoms with van der Waals surface area (Å²) in [5.41, 5.74) is 6.59. The van der Waals surface area contributed by atoms with Gasteiger partial charge in [0.1, 0.15) is 17.4 Å². The van der Waals surface area contributed by atoms with Crippen LogP contribution in [0.2, 0.25) is 0 Å². The van der Waals surface area contributed by atoms with Crippen molar-refractivity contribution in [3.63, 3.8) is 0 Å². The molecule has 5 nitrogen and oxygen atoms in total. The fourth-order valence-electron chi connectivity index (χ4n) is 1.60. The third-order valence-corrected chi connectivity index (χ3v) is 2.40. The largest absolute Gasteiger partial charge is 0.491 e. The average molecular weight is 258 g/mol. The summed E-state index contributed by atoms with van der Waals surface area (Å²) in [7, 11) is 0. The van der Waals surface area contributed by atoms with Crippen molar-refractivity contribution in [3.05, 3.63) is 42.4 Å². The van der Waals surface area contributed by atoms with E-state index in [-0.39, 0.29) is 6.10 Å². The van der Waals surface area contributed by atoms with Gasteiger partial charge in [-0.05, 0) is 44.2 Å². The van der Waals surface area contributed by atoms with Crippen LogP contribution in [0.3, 0.4) is 0 Å². The topological polar surface area (TPSA) is 73.1 Å². The van der Waals surface area contributed by atoms with Crippen LogP contribution >= 0.6 is 0 Å². The van der Waals surface area contributed by atoms with Crippen molar-refractivity contribution in [2.45, 2.75) is 26.5 Å². The number of nitrogens with zero attached hydrogens (tertiary/aromatic N) is 2. The molecule has 0 saturated carbocycles. The summed E-state index contributed by atoms with van der Waals surface area (Å²) in [6.45, 7) is 4.54. The molecule has 1 aromatic heterocycles. The number of ether oxygens (including phenoxy) is 1. The second-order valence-corrected chi connectivity index (χ2v) is 4.44. The lowest BCUT2D eigenvalue weighted by Crippen LogP contribution is -2.06. The minimum absolute atomic E-state index is 0.180. The molecule has 0 unspecified atom stereocenters. The number of hydrogen-bond acceptors (Lipinski definition) is 5. The van der Waals surface area contributed by atoms with Crippen molar-refractivity contribution >= 4 is 11.5 Å². The molecule has 100 valence electrons. The highest BCUT2D eigenvalue weighted by Gasteiger charge is 2.00. The first-order valence-electron chi connectivity index (χ1n) is 6.21. The lowest BCUT2D eigenvalue weighted by molar-refractivity contribution is 0.242. The normalized spacial score (nSPS) is 10.5. The van der Waals surface area contributed by atoms with Gasteiger partial charge in [0.05, 0.1) is 12.6 Å². The van der Waals surface area contributed by atoms with E-state index in [1.807, 2.05) is 38.1 Å². The summed E-state index contributed by atoms with van der Waals surface area (Å²) >= 11 is 0. The van der Waals surface area contributed by atoms with Gasteiger partial charge in [-0.15, -0.1) is 0 Å². The number of hydrogen-bond donors (Lipinski definition) is 2. The summed E-state index contributed by atoms with van der Waals surface area (Å²) in [6.07, 6.45) is 1.83. The summed E-state index contributed by atoms with van der Waals surface area (Å²) in [5, 5.41) is 3.23. The molecule has 2 aromatic rings. The van der Waals surface area contributed by atoms with E-state index in [4.69, 9.17) is 10.5 Å². The van der Waals surface area contributed by atoms with Crippen LogP contribution in [0.15, 0.2) is 36.5 Å². The third-order valence-electron chi connectivity index (χ3n) is 2.40. The molecule has 1 aromatic carbocycles. The van der Waals surface area contributed by atoms with Crippen LogP contribution in [0.25, 0.3) is 0 Å². The maximum absolute atomic E-state index is 5.60. The maximum Gasteiger partial charge on any atom is 0.149 e. The minimum Gasteiger partial charge on any atom is -0.491 e. The van der Waals surface area contributed by atoms with Gasteiger partial charge < -0.3 is 15.8 Å². The molecule has 0 radical (unpaired) electrons. The molecule has 0 aliphatic rings. The van der Waals surface area contributed by atoms with Crippen molar-refractivity contribution in [2.24, 2.45) is 0 Å². The SMILES string of the molecule is CC(C)Oc1ccc(NCc2nccc(N)n2)cc1. The van der Waals surface area contributed by atoms with Crippen LogP contribution in [0.5, 0.6) is 5.75 Å². The number of nitrogens with two attached hydrogens (primary N) is 1. The molecular formula is C14H18N4O. The number of benzene rings is 1. The molecule has 19 heavy (non-hydrogen) atoms. The van der Waals surface area contributed by atoms with Gasteiger partial charge in [-0.25, -0.2) is 9.97 Å². The Bertz CT molecular complexity index is 525. The number of rotatable bonds is 5. The molecule has 0 spiro atoms. The number of aromatic nitrogens is 2. The van der Waals surface area contributed by atoms with Crippen molar-refractivity contribution in [1.29, 1.82) is 0 Å². The predicted octanol–water partition coefficient (Wildman–Crippen LogP) is 2.46. The Kier molecular flexibility index (Phi) is 4.18. The van der Waals surface area contributed by atoms with Crippen molar-refractivity contribution < 1.29 is 4.74 Å². The molecule has 5 heteroatoms. The minimum atomic E-state index is 0.180. The highest BCUT2D eigenvalue weighted by Crippen LogP contribution is 2.17. The Labute approximate surface area is 112 Å². The van der Waals surface area contributed by atoms with Gasteiger partial charge in [-0.1, -0.05) is 0 Å². The van der Waals surface area contributed by atoms with Gasteiger partial charge in [0, 0.05) is 11.9 Å².